The predicted octanol–water partition coefficient (Wildman–Crippen LogP) is 5.18. The average Bonchev–Trinajstić information content (AvgIpc) is 2.81. The van der Waals surface area contributed by atoms with Crippen LogP contribution < -0.4 is 20.4 Å². The van der Waals surface area contributed by atoms with Crippen molar-refractivity contribution in [2.24, 2.45) is 0 Å². The number of ether oxygens (including phenoxy) is 2. The molecule has 7 heteroatoms. The van der Waals surface area contributed by atoms with Crippen molar-refractivity contribution in [1.29, 1.82) is 0 Å². The zero-order valence-electron chi connectivity index (χ0n) is 18.7. The molecule has 0 aliphatic heterocycles. The van der Waals surface area contributed by atoms with Crippen molar-refractivity contribution in [1.82, 2.24) is 4.98 Å². The molecule has 0 saturated carbocycles. The monoisotopic (exact) mass is 444 g/mol. The maximum absolute atomic E-state index is 12.5. The van der Waals surface area contributed by atoms with E-state index in [0.717, 1.165) is 16.5 Å². The minimum absolute atomic E-state index is 0.153. The highest BCUT2D eigenvalue weighted by atomic mass is 16.5. The summed E-state index contributed by atoms with van der Waals surface area (Å²) in [5.41, 5.74) is 2.87. The van der Waals surface area contributed by atoms with Crippen molar-refractivity contribution in [3.05, 3.63) is 88.0 Å². The van der Waals surface area contributed by atoms with Gasteiger partial charge in [-0.1, -0.05) is 0 Å². The third kappa shape index (κ3) is 5.03. The second kappa shape index (κ2) is 9.56. The molecule has 1 N–H and O–H groups in total. The third-order valence-electron chi connectivity index (χ3n) is 5.42. The summed E-state index contributed by atoms with van der Waals surface area (Å²) in [4.78, 5) is 29.1. The van der Waals surface area contributed by atoms with E-state index >= 15 is 0 Å². The van der Waals surface area contributed by atoms with E-state index in [9.17, 15) is 9.59 Å². The third-order valence-corrected chi connectivity index (χ3v) is 5.42. The quantitative estimate of drug-likeness (QED) is 0.395. The van der Waals surface area contributed by atoms with Gasteiger partial charge in [-0.15, -0.1) is 0 Å². The number of carbonyl (C=O) groups is 1. The highest BCUT2D eigenvalue weighted by Gasteiger charge is 2.14. The number of rotatable bonds is 7. The fourth-order valence-corrected chi connectivity index (χ4v) is 3.63. The first kappa shape index (κ1) is 22.1. The first-order chi connectivity index (χ1) is 15.9. The van der Waals surface area contributed by atoms with Gasteiger partial charge in [0, 0.05) is 35.3 Å². The number of benzene rings is 2. The zero-order chi connectivity index (χ0) is 23.4. The predicted molar refractivity (Wildman–Crippen MR) is 126 cm³/mol. The first-order valence-corrected chi connectivity index (χ1v) is 10.5. The van der Waals surface area contributed by atoms with Crippen LogP contribution in [0.1, 0.15) is 23.1 Å². The van der Waals surface area contributed by atoms with E-state index in [-0.39, 0.29) is 18.7 Å². The minimum Gasteiger partial charge on any atom is -0.497 e. The highest BCUT2D eigenvalue weighted by Crippen LogP contribution is 2.27. The maximum atomic E-state index is 12.5. The summed E-state index contributed by atoms with van der Waals surface area (Å²) >= 11 is 0. The highest BCUT2D eigenvalue weighted by molar-refractivity contribution is 5.91. The Bertz CT molecular complexity index is 1360. The molecule has 2 aromatic carbocycles. The second-order valence-electron chi connectivity index (χ2n) is 7.67. The van der Waals surface area contributed by atoms with Crippen LogP contribution in [-0.4, -0.2) is 18.0 Å². The van der Waals surface area contributed by atoms with E-state index in [1.807, 2.05) is 38.1 Å². The summed E-state index contributed by atoms with van der Waals surface area (Å²) in [7, 11) is 1.56. The summed E-state index contributed by atoms with van der Waals surface area (Å²) in [5.74, 6) is 1.75. The van der Waals surface area contributed by atoms with Crippen LogP contribution in [-0.2, 0) is 11.2 Å². The smallest absolute Gasteiger partial charge is 0.339 e. The number of hydrogen-bond donors (Lipinski definition) is 1. The topological polar surface area (TPSA) is 90.7 Å². The molecule has 2 aromatic heterocycles. The molecular formula is C26H24N2O5. The molecule has 0 bridgehead atoms. The lowest BCUT2D eigenvalue weighted by molar-refractivity contribution is -0.116. The SMILES string of the molecule is COc1ccc2c(C)c(CCC(=O)Nc3ccc(Oc4cccnc4)c(C)c3)c(=O)oc2c1. The van der Waals surface area contributed by atoms with Gasteiger partial charge in [-0.05, 0) is 73.9 Å². The molecule has 2 heterocycles. The molecular weight excluding hydrogens is 420 g/mol. The van der Waals surface area contributed by atoms with Gasteiger partial charge in [-0.2, -0.15) is 0 Å². The van der Waals surface area contributed by atoms with Crippen molar-refractivity contribution in [3.8, 4) is 17.2 Å². The summed E-state index contributed by atoms with van der Waals surface area (Å²) < 4.78 is 16.5. The number of anilines is 1. The van der Waals surface area contributed by atoms with Crippen LogP contribution in [0, 0.1) is 13.8 Å². The van der Waals surface area contributed by atoms with Gasteiger partial charge in [0.05, 0.1) is 13.3 Å². The largest absolute Gasteiger partial charge is 0.497 e. The summed E-state index contributed by atoms with van der Waals surface area (Å²) in [6.07, 6.45) is 3.75. The van der Waals surface area contributed by atoms with Crippen LogP contribution in [0.5, 0.6) is 17.2 Å². The Balaban J connectivity index is 1.43. The fraction of sp³-hybridized carbons (Fsp3) is 0.192. The van der Waals surface area contributed by atoms with E-state index in [0.29, 0.717) is 34.1 Å². The number of amides is 1. The van der Waals surface area contributed by atoms with Gasteiger partial charge in [-0.3, -0.25) is 9.78 Å². The van der Waals surface area contributed by atoms with Gasteiger partial charge in [-0.25, -0.2) is 4.79 Å². The van der Waals surface area contributed by atoms with Crippen LogP contribution in [0.2, 0.25) is 0 Å². The Morgan fingerprint density at radius 1 is 1.09 bits per heavy atom. The van der Waals surface area contributed by atoms with Gasteiger partial charge < -0.3 is 19.2 Å². The van der Waals surface area contributed by atoms with Crippen LogP contribution >= 0.6 is 0 Å². The number of pyridine rings is 1. The van der Waals surface area contributed by atoms with Crippen molar-refractivity contribution in [2.75, 3.05) is 12.4 Å². The lowest BCUT2D eigenvalue weighted by Crippen LogP contribution is -2.16. The molecule has 0 saturated heterocycles. The number of hydrogen-bond acceptors (Lipinski definition) is 6. The molecule has 0 aliphatic carbocycles. The maximum Gasteiger partial charge on any atom is 0.339 e. The number of aryl methyl sites for hydroxylation is 2. The molecule has 33 heavy (non-hydrogen) atoms. The Hall–Kier alpha value is -4.13. The van der Waals surface area contributed by atoms with Gasteiger partial charge in [0.2, 0.25) is 5.91 Å². The normalized spacial score (nSPS) is 10.8. The minimum atomic E-state index is -0.436. The summed E-state index contributed by atoms with van der Waals surface area (Å²) in [6.45, 7) is 3.77. The van der Waals surface area contributed by atoms with Crippen LogP contribution in [0.4, 0.5) is 5.69 Å². The van der Waals surface area contributed by atoms with Gasteiger partial charge in [0.1, 0.15) is 22.8 Å². The molecule has 0 aliphatic rings. The van der Waals surface area contributed by atoms with Crippen LogP contribution in [0.25, 0.3) is 11.0 Å². The van der Waals surface area contributed by atoms with Crippen molar-refractivity contribution in [3.63, 3.8) is 0 Å². The number of methoxy groups -OCH3 is 1. The molecule has 4 aromatic rings. The standard InChI is InChI=1S/C26H24N2O5/c1-16-13-18(6-10-23(16)32-20-5-4-12-27-15-20)28-25(29)11-9-22-17(2)21-8-7-19(31-3)14-24(21)33-26(22)30/h4-8,10,12-15H,9,11H2,1-3H3,(H,28,29). The number of carbonyl (C=O) groups excluding carboxylic acids is 1. The van der Waals surface area contributed by atoms with Gasteiger partial charge >= 0.3 is 5.63 Å². The first-order valence-electron chi connectivity index (χ1n) is 10.5. The molecule has 0 radical (unpaired) electrons. The lowest BCUT2D eigenvalue weighted by atomic mass is 10.0. The van der Waals surface area contributed by atoms with Crippen molar-refractivity contribution < 1.29 is 18.7 Å². The fourth-order valence-electron chi connectivity index (χ4n) is 3.63. The zero-order valence-corrected chi connectivity index (χ0v) is 18.7. The number of fused-ring (bicyclic) bond motifs is 1. The van der Waals surface area contributed by atoms with E-state index < -0.39 is 5.63 Å². The molecule has 4 rings (SSSR count). The number of nitrogens with one attached hydrogen (secondary N) is 1. The number of nitrogens with zero attached hydrogens (tertiary/aromatic N) is 1. The summed E-state index contributed by atoms with van der Waals surface area (Å²) in [6, 6.07) is 14.4. The molecule has 7 nitrogen and oxygen atoms in total. The van der Waals surface area contributed by atoms with E-state index in [1.165, 1.54) is 0 Å². The Labute approximate surface area is 191 Å². The average molecular weight is 444 g/mol. The van der Waals surface area contributed by atoms with E-state index in [4.69, 9.17) is 13.9 Å². The molecule has 0 fully saturated rings. The van der Waals surface area contributed by atoms with Gasteiger partial charge in [0.15, 0.2) is 0 Å². The van der Waals surface area contributed by atoms with Gasteiger partial charge in [0.25, 0.3) is 0 Å². The van der Waals surface area contributed by atoms with Crippen molar-refractivity contribution in [2.45, 2.75) is 26.7 Å². The molecule has 0 atom stereocenters. The molecule has 0 unspecified atom stereocenters. The Morgan fingerprint density at radius 3 is 2.67 bits per heavy atom. The van der Waals surface area contributed by atoms with E-state index in [1.54, 1.807) is 43.8 Å². The Morgan fingerprint density at radius 2 is 1.94 bits per heavy atom. The van der Waals surface area contributed by atoms with Crippen LogP contribution in [0.15, 0.2) is 70.1 Å². The number of aromatic nitrogens is 1. The van der Waals surface area contributed by atoms with Crippen molar-refractivity contribution >= 4 is 22.6 Å². The van der Waals surface area contributed by atoms with E-state index in [2.05, 4.69) is 10.3 Å². The summed E-state index contributed by atoms with van der Waals surface area (Å²) in [5, 5.41) is 3.70. The molecule has 0 spiro atoms. The second-order valence-corrected chi connectivity index (χ2v) is 7.67. The van der Waals surface area contributed by atoms with Crippen LogP contribution in [0.3, 0.4) is 0 Å². The Kier molecular flexibility index (Phi) is 6.40. The molecule has 1 amide bonds. The lowest BCUT2D eigenvalue weighted by Gasteiger charge is -2.11. The molecule has 168 valence electrons.